The summed E-state index contributed by atoms with van der Waals surface area (Å²) in [6, 6.07) is 8.10. The number of aryl methyl sites for hydroxylation is 4. The third-order valence-corrected chi connectivity index (χ3v) is 14.0. The zero-order valence-electron chi connectivity index (χ0n) is 40.3. The highest BCUT2D eigenvalue weighted by Crippen LogP contribution is 2.33. The van der Waals surface area contributed by atoms with Crippen molar-refractivity contribution in [3.63, 3.8) is 0 Å². The Bertz CT molecular complexity index is 3020. The van der Waals surface area contributed by atoms with Crippen molar-refractivity contribution in [1.29, 1.82) is 0 Å². The number of aromatic nitrogens is 6. The van der Waals surface area contributed by atoms with Crippen LogP contribution in [-0.2, 0) is 26.1 Å². The standard InChI is InChI=1S/C47H61N15O6S2/c1-7-32-40(69-28(4)53-32)45(66)56-47-61(39-36(25-31(42(49)64)26-37(39)70-47)68-21-11-16-59-19-12-29(13-20-59)43(57-50)52-15-14-51-5)18-10-9-17-60-38-33(23-30(41(48)63)24-35(38)67-6)54-46(60)55-44(65)34-22-27(3)58-62(34)8-2/h9-10,22-26,29,51H,7-8,11-21,50H2,1-6H3,(H2,48,63)(H2,49,64)(H,52,57)(H,54,55,65)/b10-9+,56-47-. The lowest BCUT2D eigenvalue weighted by molar-refractivity contribution is 0.0991. The smallest absolute Gasteiger partial charge is 0.291 e. The Morgan fingerprint density at radius 3 is 2.30 bits per heavy atom. The number of hydrazone groups is 1. The van der Waals surface area contributed by atoms with Gasteiger partial charge in [-0.15, -0.1) is 11.3 Å². The van der Waals surface area contributed by atoms with Crippen molar-refractivity contribution in [3.05, 3.63) is 85.4 Å². The number of nitrogens with zero attached hydrogens (tertiary/aromatic N) is 9. The van der Waals surface area contributed by atoms with Crippen LogP contribution in [0.3, 0.4) is 0 Å². The molecule has 2 aromatic carbocycles. The van der Waals surface area contributed by atoms with Crippen molar-refractivity contribution in [2.45, 2.75) is 73.0 Å². The Morgan fingerprint density at radius 1 is 0.914 bits per heavy atom. The number of carbonyl (C=O) groups is 4. The number of hydrogen-bond donors (Lipinski definition) is 6. The molecule has 1 aliphatic rings. The third-order valence-electron chi connectivity index (χ3n) is 11.9. The van der Waals surface area contributed by atoms with E-state index in [4.69, 9.17) is 31.8 Å². The number of carbonyl (C=O) groups excluding carboxylic acids is 4. The second-order valence-electron chi connectivity index (χ2n) is 16.7. The molecule has 0 unspecified atom stereocenters. The Balaban J connectivity index is 1.20. The van der Waals surface area contributed by atoms with Crippen LogP contribution >= 0.6 is 22.7 Å². The van der Waals surface area contributed by atoms with Gasteiger partial charge in [-0.05, 0) is 96.9 Å². The van der Waals surface area contributed by atoms with Crippen LogP contribution in [0.5, 0.6) is 11.5 Å². The summed E-state index contributed by atoms with van der Waals surface area (Å²) in [5, 5.41) is 18.6. The maximum atomic E-state index is 14.0. The summed E-state index contributed by atoms with van der Waals surface area (Å²) in [5.74, 6) is 5.64. The lowest BCUT2D eigenvalue weighted by Gasteiger charge is -2.32. The van der Waals surface area contributed by atoms with Gasteiger partial charge in [0.15, 0.2) is 4.80 Å². The molecule has 1 aliphatic heterocycles. The van der Waals surface area contributed by atoms with Crippen molar-refractivity contribution in [3.8, 4) is 11.5 Å². The zero-order valence-corrected chi connectivity index (χ0v) is 42.0. The van der Waals surface area contributed by atoms with Gasteiger partial charge < -0.3 is 51.5 Å². The minimum absolute atomic E-state index is 0.179. The minimum atomic E-state index is -0.664. The first-order valence-corrected chi connectivity index (χ1v) is 24.8. The normalized spacial score (nSPS) is 14.0. The van der Waals surface area contributed by atoms with Gasteiger partial charge >= 0.3 is 0 Å². The molecule has 4 aromatic heterocycles. The van der Waals surface area contributed by atoms with Crippen molar-refractivity contribution in [2.24, 2.45) is 33.3 Å². The SMILES string of the molecule is CCc1nc(C)sc1C(=O)/N=c1\sc2cc(C(N)=O)cc(OCCCN3CCC(/C(=N/N)NCCNC)CC3)c2n1C/C=C/Cn1c(NC(=O)c2cc(C)nn2CC)nc2cc(C(N)=O)cc(OC)c21. The van der Waals surface area contributed by atoms with E-state index in [1.165, 1.54) is 35.8 Å². The van der Waals surface area contributed by atoms with E-state index in [1.54, 1.807) is 33.5 Å². The van der Waals surface area contributed by atoms with Gasteiger partial charge in [0.05, 0.1) is 40.3 Å². The second kappa shape index (κ2) is 23.1. The van der Waals surface area contributed by atoms with Crippen molar-refractivity contribution in [1.82, 2.24) is 44.4 Å². The molecule has 0 bridgehead atoms. The van der Waals surface area contributed by atoms with Gasteiger partial charge in [0, 0.05) is 56.3 Å². The second-order valence-corrected chi connectivity index (χ2v) is 18.9. The number of amidine groups is 1. The number of anilines is 1. The molecule has 1 fully saturated rings. The molecule has 70 heavy (non-hydrogen) atoms. The van der Waals surface area contributed by atoms with Gasteiger partial charge in [-0.25, -0.2) is 9.97 Å². The van der Waals surface area contributed by atoms with Crippen LogP contribution in [0.25, 0.3) is 21.3 Å². The molecule has 0 atom stereocenters. The monoisotopic (exact) mass is 995 g/mol. The molecule has 372 valence electrons. The number of methoxy groups -OCH3 is 1. The lowest BCUT2D eigenvalue weighted by Crippen LogP contribution is -2.42. The van der Waals surface area contributed by atoms with Crippen LogP contribution in [0.15, 0.2) is 52.6 Å². The highest BCUT2D eigenvalue weighted by molar-refractivity contribution is 7.16. The predicted octanol–water partition coefficient (Wildman–Crippen LogP) is 3.92. The molecule has 1 saturated heterocycles. The highest BCUT2D eigenvalue weighted by Gasteiger charge is 2.25. The number of likely N-dealkylation sites (N-methyl/N-ethyl adjacent to an activating group) is 1. The molecule has 6 aromatic rings. The number of nitrogens with one attached hydrogen (secondary N) is 3. The first-order valence-electron chi connectivity index (χ1n) is 23.2. The third kappa shape index (κ3) is 11.6. The van der Waals surface area contributed by atoms with Crippen LogP contribution in [0.4, 0.5) is 5.95 Å². The Kier molecular flexibility index (Phi) is 16.8. The number of primary amides is 2. The highest BCUT2D eigenvalue weighted by atomic mass is 32.1. The largest absolute Gasteiger partial charge is 0.494 e. The van der Waals surface area contributed by atoms with Gasteiger partial charge in [-0.2, -0.15) is 15.2 Å². The van der Waals surface area contributed by atoms with Crippen LogP contribution in [-0.4, -0.2) is 117 Å². The summed E-state index contributed by atoms with van der Waals surface area (Å²) in [5.41, 5.74) is 15.2. The van der Waals surface area contributed by atoms with E-state index in [9.17, 15) is 19.2 Å². The molecule has 23 heteroatoms. The summed E-state index contributed by atoms with van der Waals surface area (Å²) < 4.78 is 18.2. The number of hydrogen-bond acceptors (Lipinski definition) is 15. The summed E-state index contributed by atoms with van der Waals surface area (Å²) in [7, 11) is 3.38. The summed E-state index contributed by atoms with van der Waals surface area (Å²) in [6.07, 6.45) is 6.91. The van der Waals surface area contributed by atoms with Crippen molar-refractivity contribution >= 4 is 79.3 Å². The number of thiazole rings is 2. The number of likely N-dealkylation sites (tertiary alicyclic amines) is 1. The number of ether oxygens (including phenoxy) is 2. The van der Waals surface area contributed by atoms with E-state index in [0.717, 1.165) is 56.4 Å². The number of nitrogens with two attached hydrogens (primary N) is 3. The minimum Gasteiger partial charge on any atom is -0.494 e. The van der Waals surface area contributed by atoms with Crippen LogP contribution in [0.1, 0.15) is 90.4 Å². The topological polar surface area (TPSA) is 282 Å². The van der Waals surface area contributed by atoms with E-state index in [1.807, 2.05) is 51.5 Å². The van der Waals surface area contributed by atoms with E-state index < -0.39 is 23.6 Å². The van der Waals surface area contributed by atoms with E-state index in [2.05, 4.69) is 41.0 Å². The number of amides is 4. The first kappa shape index (κ1) is 50.9. The maximum absolute atomic E-state index is 14.0. The van der Waals surface area contributed by atoms with Crippen molar-refractivity contribution in [2.75, 3.05) is 58.8 Å². The Labute approximate surface area is 412 Å². The van der Waals surface area contributed by atoms with Gasteiger partial charge in [-0.3, -0.25) is 29.2 Å². The van der Waals surface area contributed by atoms with Gasteiger partial charge in [0.25, 0.3) is 11.8 Å². The fraction of sp³-hybridized carbons (Fsp3) is 0.426. The molecule has 9 N–H and O–H groups in total. The average molecular weight is 996 g/mol. The zero-order chi connectivity index (χ0) is 50.1. The Morgan fingerprint density at radius 2 is 1.63 bits per heavy atom. The quantitative estimate of drug-likeness (QED) is 0.0149. The molecule has 7 rings (SSSR count). The number of allylic oxidation sites excluding steroid dienone is 2. The van der Waals surface area contributed by atoms with E-state index in [-0.39, 0.29) is 36.1 Å². The molecule has 0 saturated carbocycles. The van der Waals surface area contributed by atoms with Gasteiger partial charge in [0.1, 0.15) is 38.9 Å². The number of fused-ring (bicyclic) bond motifs is 2. The number of piperidine rings is 1. The van der Waals surface area contributed by atoms with Crippen LogP contribution < -0.4 is 47.5 Å². The fourth-order valence-corrected chi connectivity index (χ4v) is 10.5. The molecule has 0 spiro atoms. The van der Waals surface area contributed by atoms with Crippen molar-refractivity contribution < 1.29 is 28.7 Å². The van der Waals surface area contributed by atoms with Crippen LogP contribution in [0, 0.1) is 19.8 Å². The fourth-order valence-electron chi connectivity index (χ4n) is 8.50. The molecule has 5 heterocycles. The first-order chi connectivity index (χ1) is 33.8. The summed E-state index contributed by atoms with van der Waals surface area (Å²) >= 11 is 2.54. The molecular formula is C47H61N15O6S2. The lowest BCUT2D eigenvalue weighted by atomic mass is 9.95. The summed E-state index contributed by atoms with van der Waals surface area (Å²) in [6.45, 7) is 12.8. The molecule has 0 aliphatic carbocycles. The number of imidazole rings is 1. The predicted molar refractivity (Wildman–Crippen MR) is 272 cm³/mol. The number of rotatable bonds is 21. The number of benzene rings is 2. The van der Waals surface area contributed by atoms with E-state index >= 15 is 0 Å². The molecular weight excluding hydrogens is 935 g/mol. The molecule has 21 nitrogen and oxygen atoms in total. The van der Waals surface area contributed by atoms with Gasteiger partial charge in [-0.1, -0.05) is 30.4 Å². The molecule has 4 amide bonds. The Hall–Kier alpha value is -6.95. The average Bonchev–Trinajstić information content (AvgIpc) is 4.12. The molecule has 0 radical (unpaired) electrons. The summed E-state index contributed by atoms with van der Waals surface area (Å²) in [4.78, 5) is 69.9. The maximum Gasteiger partial charge on any atom is 0.291 e. The van der Waals surface area contributed by atoms with Crippen LogP contribution in [0.2, 0.25) is 0 Å². The van der Waals surface area contributed by atoms with Gasteiger partial charge in [0.2, 0.25) is 17.8 Å². The van der Waals surface area contributed by atoms with E-state index in [0.29, 0.717) is 85.5 Å².